The maximum atomic E-state index is 12.3. The van der Waals surface area contributed by atoms with Gasteiger partial charge in [0.05, 0.1) is 12.8 Å². The van der Waals surface area contributed by atoms with Crippen molar-refractivity contribution in [2.45, 2.75) is 44.6 Å². The lowest BCUT2D eigenvalue weighted by molar-refractivity contribution is 0.198. The largest absolute Gasteiger partial charge is 0.504 e. The van der Waals surface area contributed by atoms with Gasteiger partial charge in [0.1, 0.15) is 0 Å². The number of piperidine rings is 2. The molecule has 2 aliphatic heterocycles. The predicted molar refractivity (Wildman–Crippen MR) is 113 cm³/mol. The number of H-pyrrole nitrogens is 1. The van der Waals surface area contributed by atoms with Crippen LogP contribution in [0, 0.1) is 0 Å². The van der Waals surface area contributed by atoms with E-state index in [4.69, 9.17) is 9.72 Å². The SMILES string of the molecule is COc1cc(CN2CCCC(c3cc(=O)[nH]c(N4CCCCC4)n3)C2)ccc1O. The van der Waals surface area contributed by atoms with E-state index in [2.05, 4.69) is 14.8 Å². The van der Waals surface area contributed by atoms with E-state index in [1.54, 1.807) is 19.2 Å². The van der Waals surface area contributed by atoms with Crippen molar-refractivity contribution in [2.75, 3.05) is 38.2 Å². The maximum Gasteiger partial charge on any atom is 0.252 e. The summed E-state index contributed by atoms with van der Waals surface area (Å²) in [6.45, 7) is 4.61. The summed E-state index contributed by atoms with van der Waals surface area (Å²) in [5.41, 5.74) is 1.95. The van der Waals surface area contributed by atoms with Crippen molar-refractivity contribution < 1.29 is 9.84 Å². The number of hydrogen-bond donors (Lipinski definition) is 2. The normalized spacial score (nSPS) is 20.6. The van der Waals surface area contributed by atoms with Gasteiger partial charge >= 0.3 is 0 Å². The molecule has 4 rings (SSSR count). The van der Waals surface area contributed by atoms with Gasteiger partial charge in [-0.25, -0.2) is 4.98 Å². The molecule has 1 aromatic carbocycles. The number of phenols is 1. The molecular formula is C22H30N4O3. The molecular weight excluding hydrogens is 368 g/mol. The van der Waals surface area contributed by atoms with Crippen molar-refractivity contribution in [1.82, 2.24) is 14.9 Å². The molecule has 0 aliphatic carbocycles. The summed E-state index contributed by atoms with van der Waals surface area (Å²) in [5.74, 6) is 1.64. The molecule has 3 heterocycles. The van der Waals surface area contributed by atoms with E-state index in [9.17, 15) is 9.90 Å². The molecule has 29 heavy (non-hydrogen) atoms. The molecule has 2 aromatic rings. The van der Waals surface area contributed by atoms with Crippen molar-refractivity contribution in [3.63, 3.8) is 0 Å². The second-order valence-corrected chi connectivity index (χ2v) is 8.12. The summed E-state index contributed by atoms with van der Waals surface area (Å²) in [6.07, 6.45) is 5.68. The summed E-state index contributed by atoms with van der Waals surface area (Å²) in [5, 5.41) is 9.81. The first-order chi connectivity index (χ1) is 14.1. The van der Waals surface area contributed by atoms with Gasteiger partial charge < -0.3 is 14.7 Å². The Labute approximate surface area is 171 Å². The minimum absolute atomic E-state index is 0.0593. The van der Waals surface area contributed by atoms with Gasteiger partial charge in [0.25, 0.3) is 5.56 Å². The van der Waals surface area contributed by atoms with Crippen molar-refractivity contribution >= 4 is 5.95 Å². The van der Waals surface area contributed by atoms with Crippen LogP contribution in [-0.4, -0.2) is 53.3 Å². The van der Waals surface area contributed by atoms with Gasteiger partial charge in [-0.15, -0.1) is 0 Å². The Hall–Kier alpha value is -2.54. The number of methoxy groups -OCH3 is 1. The van der Waals surface area contributed by atoms with Crippen LogP contribution >= 0.6 is 0 Å². The monoisotopic (exact) mass is 398 g/mol. The van der Waals surface area contributed by atoms with Gasteiger partial charge in [-0.3, -0.25) is 14.7 Å². The fourth-order valence-corrected chi connectivity index (χ4v) is 4.45. The number of benzene rings is 1. The zero-order valence-electron chi connectivity index (χ0n) is 17.1. The molecule has 0 saturated carbocycles. The molecule has 2 N–H and O–H groups in total. The van der Waals surface area contributed by atoms with Crippen LogP contribution in [0.25, 0.3) is 0 Å². The third kappa shape index (κ3) is 4.72. The zero-order chi connectivity index (χ0) is 20.2. The van der Waals surface area contributed by atoms with Gasteiger partial charge in [-0.05, 0) is 56.3 Å². The average molecular weight is 399 g/mol. The molecule has 1 atom stereocenters. The second-order valence-electron chi connectivity index (χ2n) is 8.12. The number of aromatic amines is 1. The van der Waals surface area contributed by atoms with Crippen LogP contribution in [0.5, 0.6) is 11.5 Å². The first-order valence-corrected chi connectivity index (χ1v) is 10.6. The van der Waals surface area contributed by atoms with Gasteiger partial charge in [-0.1, -0.05) is 6.07 Å². The Morgan fingerprint density at radius 1 is 1.17 bits per heavy atom. The number of likely N-dealkylation sites (tertiary alicyclic amines) is 1. The third-order valence-corrected chi connectivity index (χ3v) is 5.98. The third-order valence-electron chi connectivity index (χ3n) is 5.98. The Kier molecular flexibility index (Phi) is 6.04. The highest BCUT2D eigenvalue weighted by Gasteiger charge is 2.24. The summed E-state index contributed by atoms with van der Waals surface area (Å²) < 4.78 is 5.23. The number of aromatic nitrogens is 2. The van der Waals surface area contributed by atoms with Gasteiger partial charge in [0, 0.05) is 38.2 Å². The number of aromatic hydroxyl groups is 1. The molecule has 2 fully saturated rings. The van der Waals surface area contributed by atoms with E-state index in [1.165, 1.54) is 6.42 Å². The highest BCUT2D eigenvalue weighted by molar-refractivity contribution is 5.41. The topological polar surface area (TPSA) is 81.7 Å². The van der Waals surface area contributed by atoms with E-state index in [1.807, 2.05) is 12.1 Å². The van der Waals surface area contributed by atoms with E-state index in [0.717, 1.165) is 75.6 Å². The Balaban J connectivity index is 1.48. The quantitative estimate of drug-likeness (QED) is 0.806. The molecule has 1 aromatic heterocycles. The van der Waals surface area contributed by atoms with Crippen molar-refractivity contribution in [3.8, 4) is 11.5 Å². The Bertz CT molecular complexity index is 892. The smallest absolute Gasteiger partial charge is 0.252 e. The molecule has 7 nitrogen and oxygen atoms in total. The summed E-state index contributed by atoms with van der Waals surface area (Å²) in [4.78, 5) is 24.7. The molecule has 0 spiro atoms. The van der Waals surface area contributed by atoms with Crippen LogP contribution < -0.4 is 15.2 Å². The number of phenolic OH excluding ortho intramolecular Hbond substituents is 1. The minimum atomic E-state index is -0.0593. The molecule has 2 aliphatic rings. The molecule has 7 heteroatoms. The van der Waals surface area contributed by atoms with Crippen LogP contribution in [0.4, 0.5) is 5.95 Å². The van der Waals surface area contributed by atoms with Crippen LogP contribution in [0.15, 0.2) is 29.1 Å². The first-order valence-electron chi connectivity index (χ1n) is 10.6. The highest BCUT2D eigenvalue weighted by atomic mass is 16.5. The summed E-state index contributed by atoms with van der Waals surface area (Å²) in [7, 11) is 1.56. The lowest BCUT2D eigenvalue weighted by Gasteiger charge is -2.33. The van der Waals surface area contributed by atoms with E-state index < -0.39 is 0 Å². The Morgan fingerprint density at radius 2 is 2.00 bits per heavy atom. The fourth-order valence-electron chi connectivity index (χ4n) is 4.45. The summed E-state index contributed by atoms with van der Waals surface area (Å²) >= 11 is 0. The molecule has 156 valence electrons. The maximum absolute atomic E-state index is 12.3. The number of rotatable bonds is 5. The van der Waals surface area contributed by atoms with E-state index in [-0.39, 0.29) is 17.2 Å². The van der Waals surface area contributed by atoms with Gasteiger partial charge in [0.2, 0.25) is 5.95 Å². The fraction of sp³-hybridized carbons (Fsp3) is 0.545. The number of anilines is 1. The van der Waals surface area contributed by atoms with Crippen LogP contribution in [-0.2, 0) is 6.54 Å². The Morgan fingerprint density at radius 3 is 2.79 bits per heavy atom. The van der Waals surface area contributed by atoms with Crippen molar-refractivity contribution in [1.29, 1.82) is 0 Å². The lowest BCUT2D eigenvalue weighted by Crippen LogP contribution is -2.36. The minimum Gasteiger partial charge on any atom is -0.504 e. The molecule has 0 amide bonds. The second kappa shape index (κ2) is 8.86. The van der Waals surface area contributed by atoms with E-state index >= 15 is 0 Å². The number of ether oxygens (including phenoxy) is 1. The van der Waals surface area contributed by atoms with Crippen molar-refractivity contribution in [2.24, 2.45) is 0 Å². The molecule has 0 radical (unpaired) electrons. The number of hydrogen-bond acceptors (Lipinski definition) is 6. The number of nitrogens with zero attached hydrogens (tertiary/aromatic N) is 3. The van der Waals surface area contributed by atoms with Crippen LogP contribution in [0.2, 0.25) is 0 Å². The summed E-state index contributed by atoms with van der Waals surface area (Å²) in [6, 6.07) is 7.17. The molecule has 2 saturated heterocycles. The predicted octanol–water partition coefficient (Wildman–Crippen LogP) is 2.85. The first kappa shape index (κ1) is 19.8. The highest BCUT2D eigenvalue weighted by Crippen LogP contribution is 2.30. The van der Waals surface area contributed by atoms with Crippen LogP contribution in [0.3, 0.4) is 0 Å². The van der Waals surface area contributed by atoms with E-state index in [0.29, 0.717) is 5.75 Å². The van der Waals surface area contributed by atoms with Gasteiger partial charge in [-0.2, -0.15) is 0 Å². The molecule has 1 unspecified atom stereocenters. The standard InChI is InChI=1S/C22H30N4O3/c1-29-20-12-16(7-8-19(20)27)14-25-9-5-6-17(15-25)18-13-21(28)24-22(23-18)26-10-3-2-4-11-26/h7-8,12-13,17,27H,2-6,9-11,14-15H2,1H3,(H,23,24,28). The number of nitrogens with one attached hydrogen (secondary N) is 1. The molecule has 0 bridgehead atoms. The van der Waals surface area contributed by atoms with Crippen molar-refractivity contribution in [3.05, 3.63) is 45.9 Å². The van der Waals surface area contributed by atoms with Gasteiger partial charge in [0.15, 0.2) is 11.5 Å². The lowest BCUT2D eigenvalue weighted by atomic mass is 9.94. The average Bonchev–Trinajstić information content (AvgIpc) is 2.75. The zero-order valence-corrected chi connectivity index (χ0v) is 17.1. The van der Waals surface area contributed by atoms with Crippen LogP contribution in [0.1, 0.15) is 49.3 Å².